The molecule has 2 amide bonds. The Bertz CT molecular complexity index is 1460. The van der Waals surface area contributed by atoms with E-state index in [0.717, 1.165) is 11.1 Å². The van der Waals surface area contributed by atoms with Crippen molar-refractivity contribution in [3.05, 3.63) is 87.4 Å². The number of carbonyl (C=O) groups is 3. The Morgan fingerprint density at radius 2 is 1.82 bits per heavy atom. The summed E-state index contributed by atoms with van der Waals surface area (Å²) < 4.78 is 10.0. The molecule has 0 saturated heterocycles. The Hall–Kier alpha value is -4.59. The van der Waals surface area contributed by atoms with Crippen LogP contribution < -0.4 is 15.9 Å². The number of ether oxygens (including phenoxy) is 2. The first kappa shape index (κ1) is 26.5. The molecule has 0 atom stereocenters. The largest absolute Gasteiger partial charge is 0.454 e. The number of amides is 2. The smallest absolute Gasteiger partial charge is 0.412 e. The van der Waals surface area contributed by atoms with Crippen LogP contribution in [0, 0.1) is 11.3 Å². The number of hydrogen-bond donors (Lipinski definition) is 2. The average molecular weight is 552 g/mol. The maximum absolute atomic E-state index is 13.0. The Morgan fingerprint density at radius 3 is 2.47 bits per heavy atom. The van der Waals surface area contributed by atoms with Gasteiger partial charge in [-0.25, -0.2) is 9.59 Å². The number of nitriles is 1. The minimum absolute atomic E-state index is 0.0508. The van der Waals surface area contributed by atoms with Crippen molar-refractivity contribution in [2.45, 2.75) is 13.0 Å². The normalized spacial score (nSPS) is 12.8. The van der Waals surface area contributed by atoms with Crippen LogP contribution in [0.25, 0.3) is 0 Å². The number of primary amides is 1. The van der Waals surface area contributed by atoms with Gasteiger partial charge in [0.25, 0.3) is 5.91 Å². The first-order valence-corrected chi connectivity index (χ1v) is 11.9. The van der Waals surface area contributed by atoms with Crippen molar-refractivity contribution >= 4 is 52.6 Å². The fraction of sp³-hybridized carbons (Fsp3) is 0.115. The quantitative estimate of drug-likeness (QED) is 0.183. The van der Waals surface area contributed by atoms with Crippen LogP contribution in [-0.2, 0) is 22.5 Å². The number of nitrogens with zero attached hydrogens (tertiary/aromatic N) is 3. The summed E-state index contributed by atoms with van der Waals surface area (Å²) in [6.07, 6.45) is -0.714. The van der Waals surface area contributed by atoms with Crippen molar-refractivity contribution in [3.8, 4) is 17.6 Å². The van der Waals surface area contributed by atoms with E-state index < -0.39 is 17.8 Å². The number of rotatable bonds is 7. The lowest BCUT2D eigenvalue weighted by Crippen LogP contribution is -2.37. The Morgan fingerprint density at radius 1 is 1.11 bits per heavy atom. The lowest BCUT2D eigenvalue weighted by molar-refractivity contribution is -0.129. The van der Waals surface area contributed by atoms with Gasteiger partial charge in [-0.15, -0.1) is 0 Å². The molecule has 0 aliphatic carbocycles. The summed E-state index contributed by atoms with van der Waals surface area (Å²) in [6.45, 7) is 1.11. The highest BCUT2D eigenvalue weighted by atomic mass is 35.5. The van der Waals surface area contributed by atoms with Crippen LogP contribution in [0.1, 0.15) is 21.5 Å². The van der Waals surface area contributed by atoms with Gasteiger partial charge in [-0.05, 0) is 47.9 Å². The molecule has 12 heteroatoms. The van der Waals surface area contributed by atoms with Gasteiger partial charge in [0.05, 0.1) is 15.7 Å². The molecular formula is C26H19Cl2N5O5. The third-order valence-electron chi connectivity index (χ3n) is 5.47. The fourth-order valence-electron chi connectivity index (χ4n) is 3.75. The van der Waals surface area contributed by atoms with E-state index in [2.05, 4.69) is 15.3 Å². The van der Waals surface area contributed by atoms with Crippen LogP contribution in [0.15, 0.2) is 65.8 Å². The van der Waals surface area contributed by atoms with Gasteiger partial charge in [0, 0.05) is 18.7 Å². The second kappa shape index (κ2) is 11.6. The molecule has 0 bridgehead atoms. The minimum atomic E-state index is -1.37. The number of nitrogens with one attached hydrogen (secondary N) is 1. The standard InChI is InChI=1S/C26H19Cl2N5O5/c27-20-11-17(31-32-22(13-29)25(35)38-26(30)36)12-21(28)23(20)37-18-6-7-19-16(10-18)8-9-33(24(19)34)14-15-4-2-1-3-5-15/h1-7,10-12,31H,8-9,14H2,(H2,30,36). The van der Waals surface area contributed by atoms with Crippen LogP contribution >= 0.6 is 23.2 Å². The second-order valence-corrected chi connectivity index (χ2v) is 8.86. The maximum Gasteiger partial charge on any atom is 0.412 e. The second-order valence-electron chi connectivity index (χ2n) is 8.04. The van der Waals surface area contributed by atoms with Crippen molar-refractivity contribution in [2.24, 2.45) is 10.8 Å². The van der Waals surface area contributed by atoms with Gasteiger partial charge in [-0.1, -0.05) is 53.5 Å². The molecule has 10 nitrogen and oxygen atoms in total. The van der Waals surface area contributed by atoms with E-state index in [1.165, 1.54) is 18.2 Å². The number of fused-ring (bicyclic) bond motifs is 1. The van der Waals surface area contributed by atoms with Gasteiger partial charge >= 0.3 is 12.1 Å². The number of anilines is 1. The Labute approximate surface area is 227 Å². The van der Waals surface area contributed by atoms with E-state index in [1.807, 2.05) is 35.2 Å². The molecule has 0 aromatic heterocycles. The van der Waals surface area contributed by atoms with Gasteiger partial charge in [0.1, 0.15) is 11.8 Å². The maximum atomic E-state index is 13.0. The molecule has 0 spiro atoms. The summed E-state index contributed by atoms with van der Waals surface area (Å²) >= 11 is 12.7. The number of benzene rings is 3. The highest BCUT2D eigenvalue weighted by Crippen LogP contribution is 2.39. The number of esters is 1. The molecule has 3 aromatic rings. The number of nitrogens with two attached hydrogens (primary N) is 1. The van der Waals surface area contributed by atoms with Gasteiger partial charge in [-0.2, -0.15) is 10.4 Å². The zero-order chi connectivity index (χ0) is 27.2. The zero-order valence-corrected chi connectivity index (χ0v) is 21.1. The molecule has 0 fully saturated rings. The van der Waals surface area contributed by atoms with Crippen molar-refractivity contribution in [3.63, 3.8) is 0 Å². The molecule has 3 N–H and O–H groups in total. The van der Waals surface area contributed by atoms with Gasteiger partial charge in [0.15, 0.2) is 5.75 Å². The zero-order valence-electron chi connectivity index (χ0n) is 19.6. The summed E-state index contributed by atoms with van der Waals surface area (Å²) in [6, 6.07) is 19.2. The highest BCUT2D eigenvalue weighted by Gasteiger charge is 2.25. The third-order valence-corrected chi connectivity index (χ3v) is 6.03. The molecule has 38 heavy (non-hydrogen) atoms. The van der Waals surface area contributed by atoms with E-state index in [1.54, 1.807) is 18.2 Å². The number of carbonyl (C=O) groups excluding carboxylic acids is 3. The van der Waals surface area contributed by atoms with Gasteiger partial charge in [0.2, 0.25) is 5.71 Å². The highest BCUT2D eigenvalue weighted by molar-refractivity contribution is 6.44. The summed E-state index contributed by atoms with van der Waals surface area (Å²) in [7, 11) is 0. The first-order valence-electron chi connectivity index (χ1n) is 11.1. The molecule has 4 rings (SSSR count). The summed E-state index contributed by atoms with van der Waals surface area (Å²) in [5.41, 5.74) is 9.19. The monoisotopic (exact) mass is 551 g/mol. The number of hydrazone groups is 1. The van der Waals surface area contributed by atoms with E-state index in [4.69, 9.17) is 38.9 Å². The van der Waals surface area contributed by atoms with E-state index in [-0.39, 0.29) is 27.4 Å². The van der Waals surface area contributed by atoms with Crippen molar-refractivity contribution in [1.82, 2.24) is 4.90 Å². The SMILES string of the molecule is N#CC(=NNc1cc(Cl)c(Oc2ccc3c(c2)CCN(Cc2ccccc2)C3=O)c(Cl)c1)C(=O)OC(N)=O. The third kappa shape index (κ3) is 6.21. The first-order chi connectivity index (χ1) is 18.2. The molecule has 3 aromatic carbocycles. The van der Waals surface area contributed by atoms with Crippen LogP contribution in [-0.4, -0.2) is 35.1 Å². The molecule has 0 radical (unpaired) electrons. The minimum Gasteiger partial charge on any atom is -0.454 e. The molecule has 1 heterocycles. The van der Waals surface area contributed by atoms with Crippen LogP contribution in [0.2, 0.25) is 10.0 Å². The predicted molar refractivity (Wildman–Crippen MR) is 140 cm³/mol. The van der Waals surface area contributed by atoms with Crippen LogP contribution in [0.3, 0.4) is 0 Å². The Kier molecular flexibility index (Phi) is 8.11. The molecule has 1 aliphatic heterocycles. The van der Waals surface area contributed by atoms with Crippen molar-refractivity contribution in [2.75, 3.05) is 12.0 Å². The van der Waals surface area contributed by atoms with E-state index in [9.17, 15) is 14.4 Å². The van der Waals surface area contributed by atoms with E-state index in [0.29, 0.717) is 30.8 Å². The molecular weight excluding hydrogens is 533 g/mol. The van der Waals surface area contributed by atoms with Crippen molar-refractivity contribution < 1.29 is 23.9 Å². The molecule has 1 aliphatic rings. The average Bonchev–Trinajstić information content (AvgIpc) is 2.88. The van der Waals surface area contributed by atoms with Gasteiger partial charge in [-0.3, -0.25) is 10.2 Å². The van der Waals surface area contributed by atoms with Crippen LogP contribution in [0.4, 0.5) is 10.5 Å². The molecule has 0 unspecified atom stereocenters. The molecule has 192 valence electrons. The number of halogens is 2. The predicted octanol–water partition coefficient (Wildman–Crippen LogP) is 4.90. The Balaban J connectivity index is 1.47. The molecule has 0 saturated carbocycles. The summed E-state index contributed by atoms with van der Waals surface area (Å²) in [5.74, 6) is -0.773. The van der Waals surface area contributed by atoms with Gasteiger partial charge < -0.3 is 20.1 Å². The van der Waals surface area contributed by atoms with Crippen LogP contribution in [0.5, 0.6) is 11.5 Å². The van der Waals surface area contributed by atoms with E-state index >= 15 is 0 Å². The summed E-state index contributed by atoms with van der Waals surface area (Å²) in [5, 5.41) is 12.8. The summed E-state index contributed by atoms with van der Waals surface area (Å²) in [4.78, 5) is 37.1. The van der Waals surface area contributed by atoms with Crippen molar-refractivity contribution in [1.29, 1.82) is 5.26 Å². The lowest BCUT2D eigenvalue weighted by atomic mass is 9.98. The topological polar surface area (TPSA) is 147 Å². The number of hydrogen-bond acceptors (Lipinski definition) is 8. The lowest BCUT2D eigenvalue weighted by Gasteiger charge is -2.29. The fourth-order valence-corrected chi connectivity index (χ4v) is 4.31.